The smallest absolute Gasteiger partial charge is 0.138 e. The van der Waals surface area contributed by atoms with Crippen molar-refractivity contribution in [3.63, 3.8) is 0 Å². The van der Waals surface area contributed by atoms with Crippen molar-refractivity contribution in [3.05, 3.63) is 22.8 Å². The highest BCUT2D eigenvalue weighted by atomic mass is 32.2. The maximum atomic E-state index is 4.71. The minimum absolute atomic E-state index is 0.454. The first-order valence-corrected chi connectivity index (χ1v) is 9.02. The van der Waals surface area contributed by atoms with Crippen molar-refractivity contribution >= 4 is 11.8 Å². The summed E-state index contributed by atoms with van der Waals surface area (Å²) in [5.74, 6) is 3.01. The second kappa shape index (κ2) is 8.74. The van der Waals surface area contributed by atoms with Gasteiger partial charge in [0.25, 0.3) is 0 Å². The molecule has 1 aromatic rings. The molecule has 0 saturated carbocycles. The van der Waals surface area contributed by atoms with Crippen LogP contribution in [0.2, 0.25) is 0 Å². The Balaban J connectivity index is 2.74. The topological polar surface area (TPSA) is 37.8 Å². The van der Waals surface area contributed by atoms with Gasteiger partial charge in [-0.15, -0.1) is 0 Å². The average molecular weight is 310 g/mol. The maximum Gasteiger partial charge on any atom is 0.138 e. The Morgan fingerprint density at radius 2 is 1.52 bits per heavy atom. The normalized spacial score (nSPS) is 13.2. The third kappa shape index (κ3) is 6.35. The molecule has 0 aliphatic rings. The molecule has 0 fully saturated rings. The molecule has 0 radical (unpaired) electrons. The van der Waals surface area contributed by atoms with Gasteiger partial charge in [0.1, 0.15) is 5.82 Å². The first-order valence-electron chi connectivity index (χ1n) is 7.97. The van der Waals surface area contributed by atoms with Crippen molar-refractivity contribution in [2.24, 2.45) is 5.92 Å². The summed E-state index contributed by atoms with van der Waals surface area (Å²) in [4.78, 5) is 9.42. The summed E-state index contributed by atoms with van der Waals surface area (Å²) < 4.78 is 0. The Kier molecular flexibility index (Phi) is 7.67. The molecule has 0 bridgehead atoms. The first-order chi connectivity index (χ1) is 9.81. The van der Waals surface area contributed by atoms with E-state index in [1.807, 2.05) is 11.8 Å². The highest BCUT2D eigenvalue weighted by Gasteiger charge is 2.15. The molecule has 4 heteroatoms. The minimum Gasteiger partial charge on any atom is -0.316 e. The van der Waals surface area contributed by atoms with Gasteiger partial charge in [-0.05, 0) is 43.0 Å². The molecule has 120 valence electrons. The minimum atomic E-state index is 0.454. The Bertz CT molecular complexity index is 421. The largest absolute Gasteiger partial charge is 0.316 e. The molecule has 1 N–H and O–H groups in total. The lowest BCUT2D eigenvalue weighted by Gasteiger charge is -2.19. The first kappa shape index (κ1) is 18.4. The molecule has 0 amide bonds. The molecule has 21 heavy (non-hydrogen) atoms. The molecule has 0 aromatic carbocycles. The van der Waals surface area contributed by atoms with E-state index in [9.17, 15) is 0 Å². The fraction of sp³-hybridized carbons (Fsp3) is 0.765. The number of hydrogen-bond acceptors (Lipinski definition) is 4. The molecular weight excluding hydrogens is 278 g/mol. The molecule has 1 atom stereocenters. The molecule has 0 spiro atoms. The van der Waals surface area contributed by atoms with E-state index in [1.165, 1.54) is 5.56 Å². The number of aryl methyl sites for hydroxylation is 2. The lowest BCUT2D eigenvalue weighted by Crippen LogP contribution is -2.25. The fourth-order valence-corrected chi connectivity index (χ4v) is 3.12. The van der Waals surface area contributed by atoms with E-state index in [0.717, 1.165) is 36.1 Å². The third-order valence-electron chi connectivity index (χ3n) is 3.41. The second-order valence-corrected chi connectivity index (χ2v) is 8.10. The Labute approximate surface area is 134 Å². The van der Waals surface area contributed by atoms with Crippen molar-refractivity contribution < 1.29 is 0 Å². The van der Waals surface area contributed by atoms with Gasteiger partial charge in [-0.25, -0.2) is 9.97 Å². The van der Waals surface area contributed by atoms with E-state index < -0.39 is 0 Å². The van der Waals surface area contributed by atoms with E-state index in [2.05, 4.69) is 53.8 Å². The van der Waals surface area contributed by atoms with Gasteiger partial charge in [-0.3, -0.25) is 0 Å². The Morgan fingerprint density at radius 3 is 2.00 bits per heavy atom. The van der Waals surface area contributed by atoms with Crippen LogP contribution in [-0.2, 0) is 5.75 Å². The van der Waals surface area contributed by atoms with E-state index in [-0.39, 0.29) is 0 Å². The van der Waals surface area contributed by atoms with Gasteiger partial charge in [0.2, 0.25) is 0 Å². The van der Waals surface area contributed by atoms with E-state index in [4.69, 9.17) is 9.97 Å². The summed E-state index contributed by atoms with van der Waals surface area (Å²) in [5, 5.41) is 4.15. The zero-order valence-corrected chi connectivity index (χ0v) is 15.5. The van der Waals surface area contributed by atoms with Crippen molar-refractivity contribution in [1.29, 1.82) is 0 Å². The van der Waals surface area contributed by atoms with Crippen molar-refractivity contribution in [3.8, 4) is 0 Å². The summed E-state index contributed by atoms with van der Waals surface area (Å²) in [7, 11) is 0. The van der Waals surface area contributed by atoms with Crippen LogP contribution in [0.3, 0.4) is 0 Å². The van der Waals surface area contributed by atoms with Crippen LogP contribution in [0.4, 0.5) is 0 Å². The van der Waals surface area contributed by atoms with Gasteiger partial charge in [0, 0.05) is 17.9 Å². The Morgan fingerprint density at radius 1 is 0.952 bits per heavy atom. The molecule has 1 heterocycles. The highest BCUT2D eigenvalue weighted by Crippen LogP contribution is 2.23. The average Bonchev–Trinajstić information content (AvgIpc) is 2.35. The van der Waals surface area contributed by atoms with Crippen molar-refractivity contribution in [2.45, 2.75) is 65.4 Å². The lowest BCUT2D eigenvalue weighted by atomic mass is 9.98. The molecule has 1 rings (SSSR count). The van der Waals surface area contributed by atoms with Crippen LogP contribution in [0.1, 0.15) is 63.3 Å². The standard InChI is InChI=1S/C17H31N3S/c1-11(2)8-18-9-13(5)17-14(6)19-16(20-15(17)7)10-21-12(3)4/h11-13,18H,8-10H2,1-7H3. The van der Waals surface area contributed by atoms with E-state index in [1.54, 1.807) is 0 Å². The molecule has 1 unspecified atom stereocenters. The number of nitrogens with zero attached hydrogens (tertiary/aromatic N) is 2. The highest BCUT2D eigenvalue weighted by molar-refractivity contribution is 7.99. The fourth-order valence-electron chi connectivity index (χ4n) is 2.50. The van der Waals surface area contributed by atoms with Gasteiger partial charge in [0.15, 0.2) is 0 Å². The van der Waals surface area contributed by atoms with Gasteiger partial charge < -0.3 is 5.32 Å². The summed E-state index contributed by atoms with van der Waals surface area (Å²) in [6, 6.07) is 0. The lowest BCUT2D eigenvalue weighted by molar-refractivity contribution is 0.525. The maximum absolute atomic E-state index is 4.71. The number of aromatic nitrogens is 2. The van der Waals surface area contributed by atoms with Gasteiger partial charge in [0.05, 0.1) is 5.75 Å². The number of rotatable bonds is 8. The SMILES string of the molecule is Cc1nc(CSC(C)C)nc(C)c1C(C)CNCC(C)C. The Hall–Kier alpha value is -0.610. The summed E-state index contributed by atoms with van der Waals surface area (Å²) in [5.41, 5.74) is 3.59. The van der Waals surface area contributed by atoms with E-state index >= 15 is 0 Å². The van der Waals surface area contributed by atoms with Gasteiger partial charge in [-0.2, -0.15) is 11.8 Å². The number of hydrogen-bond donors (Lipinski definition) is 1. The number of nitrogens with one attached hydrogen (secondary N) is 1. The van der Waals surface area contributed by atoms with Crippen LogP contribution in [0.5, 0.6) is 0 Å². The molecular formula is C17H31N3S. The van der Waals surface area contributed by atoms with Crippen LogP contribution in [0, 0.1) is 19.8 Å². The zero-order valence-electron chi connectivity index (χ0n) is 14.7. The van der Waals surface area contributed by atoms with Gasteiger partial charge >= 0.3 is 0 Å². The van der Waals surface area contributed by atoms with Crippen molar-refractivity contribution in [1.82, 2.24) is 15.3 Å². The summed E-state index contributed by atoms with van der Waals surface area (Å²) >= 11 is 1.90. The zero-order chi connectivity index (χ0) is 16.0. The van der Waals surface area contributed by atoms with Crippen molar-refractivity contribution in [2.75, 3.05) is 13.1 Å². The van der Waals surface area contributed by atoms with Crippen LogP contribution in [0.15, 0.2) is 0 Å². The third-order valence-corrected chi connectivity index (χ3v) is 4.51. The molecule has 0 aliphatic carbocycles. The quantitative estimate of drug-likeness (QED) is 0.785. The molecule has 1 aromatic heterocycles. The molecule has 3 nitrogen and oxygen atoms in total. The predicted octanol–water partition coefficient (Wildman–Crippen LogP) is 4.08. The second-order valence-electron chi connectivity index (χ2n) is 6.54. The monoisotopic (exact) mass is 309 g/mol. The van der Waals surface area contributed by atoms with E-state index in [0.29, 0.717) is 17.1 Å². The predicted molar refractivity (Wildman–Crippen MR) is 94.1 cm³/mol. The summed E-state index contributed by atoms with van der Waals surface area (Å²) in [6.45, 7) is 17.4. The van der Waals surface area contributed by atoms with Crippen LogP contribution >= 0.6 is 11.8 Å². The summed E-state index contributed by atoms with van der Waals surface area (Å²) in [6.07, 6.45) is 0. The molecule has 0 saturated heterocycles. The van der Waals surface area contributed by atoms with Crippen LogP contribution in [0.25, 0.3) is 0 Å². The van der Waals surface area contributed by atoms with Gasteiger partial charge in [-0.1, -0.05) is 34.6 Å². The van der Waals surface area contributed by atoms with Crippen LogP contribution in [-0.4, -0.2) is 28.3 Å². The number of thioether (sulfide) groups is 1. The van der Waals surface area contributed by atoms with Crippen LogP contribution < -0.4 is 5.32 Å². The molecule has 0 aliphatic heterocycles.